The molecule has 0 radical (unpaired) electrons. The summed E-state index contributed by atoms with van der Waals surface area (Å²) in [6.07, 6.45) is 1.82. The van der Waals surface area contributed by atoms with E-state index in [1.54, 1.807) is 7.11 Å². The van der Waals surface area contributed by atoms with Crippen molar-refractivity contribution < 1.29 is 4.74 Å². The standard InChI is InChI=1S/C19H18ClN3O/c1-24-16-8-2-13(3-9-16)12-18-17-10-11-21-19(17)23(22-18)15-6-4-14(20)5-7-15/h2-9,21H,10-12H2,1H3. The summed E-state index contributed by atoms with van der Waals surface area (Å²) in [6, 6.07) is 15.9. The molecule has 0 saturated heterocycles. The first-order chi connectivity index (χ1) is 11.7. The SMILES string of the molecule is COc1ccc(Cc2nn(-c3ccc(Cl)cc3)c3c2CCN3)cc1. The first-order valence-electron chi connectivity index (χ1n) is 7.98. The highest BCUT2D eigenvalue weighted by Crippen LogP contribution is 2.30. The number of nitrogens with one attached hydrogen (secondary N) is 1. The molecule has 4 rings (SSSR count). The second-order valence-electron chi connectivity index (χ2n) is 5.86. The maximum atomic E-state index is 6.00. The highest BCUT2D eigenvalue weighted by Gasteiger charge is 2.22. The molecule has 0 bridgehead atoms. The van der Waals surface area contributed by atoms with Crippen molar-refractivity contribution in [2.24, 2.45) is 0 Å². The minimum absolute atomic E-state index is 0.731. The number of aromatic nitrogens is 2. The molecular weight excluding hydrogens is 322 g/mol. The smallest absolute Gasteiger partial charge is 0.133 e. The highest BCUT2D eigenvalue weighted by atomic mass is 35.5. The molecule has 4 nitrogen and oxygen atoms in total. The van der Waals surface area contributed by atoms with Gasteiger partial charge in [-0.3, -0.25) is 0 Å². The van der Waals surface area contributed by atoms with E-state index in [1.165, 1.54) is 11.1 Å². The summed E-state index contributed by atoms with van der Waals surface area (Å²) in [5.41, 5.74) is 4.67. The maximum Gasteiger partial charge on any atom is 0.133 e. The van der Waals surface area contributed by atoms with Gasteiger partial charge in [0.25, 0.3) is 0 Å². The van der Waals surface area contributed by atoms with E-state index in [2.05, 4.69) is 17.4 Å². The summed E-state index contributed by atoms with van der Waals surface area (Å²) < 4.78 is 7.21. The molecule has 0 spiro atoms. The Morgan fingerprint density at radius 3 is 2.58 bits per heavy atom. The molecule has 1 N–H and O–H groups in total. The second kappa shape index (κ2) is 6.21. The molecule has 122 valence electrons. The van der Waals surface area contributed by atoms with Gasteiger partial charge >= 0.3 is 0 Å². The van der Waals surface area contributed by atoms with Crippen LogP contribution in [0.15, 0.2) is 48.5 Å². The monoisotopic (exact) mass is 339 g/mol. The Balaban J connectivity index is 1.68. The van der Waals surface area contributed by atoms with Crippen LogP contribution < -0.4 is 10.1 Å². The minimum Gasteiger partial charge on any atom is -0.497 e. The topological polar surface area (TPSA) is 39.1 Å². The normalized spacial score (nSPS) is 12.8. The zero-order valence-corrected chi connectivity index (χ0v) is 14.2. The van der Waals surface area contributed by atoms with Crippen LogP contribution in [0.2, 0.25) is 5.02 Å². The lowest BCUT2D eigenvalue weighted by atomic mass is 10.1. The quantitative estimate of drug-likeness (QED) is 0.778. The molecule has 0 saturated carbocycles. The molecule has 0 unspecified atom stereocenters. The average molecular weight is 340 g/mol. The third-order valence-corrected chi connectivity index (χ3v) is 4.59. The molecule has 24 heavy (non-hydrogen) atoms. The van der Waals surface area contributed by atoms with Crippen LogP contribution in [0.5, 0.6) is 5.75 Å². The van der Waals surface area contributed by atoms with Gasteiger partial charge in [-0.2, -0.15) is 5.10 Å². The molecule has 1 aliphatic rings. The van der Waals surface area contributed by atoms with E-state index < -0.39 is 0 Å². The van der Waals surface area contributed by atoms with Crippen molar-refractivity contribution in [3.8, 4) is 11.4 Å². The molecule has 3 aromatic rings. The third-order valence-electron chi connectivity index (χ3n) is 4.34. The molecule has 2 heterocycles. The largest absolute Gasteiger partial charge is 0.497 e. The maximum absolute atomic E-state index is 6.00. The Morgan fingerprint density at radius 2 is 1.88 bits per heavy atom. The van der Waals surface area contributed by atoms with E-state index >= 15 is 0 Å². The third kappa shape index (κ3) is 2.74. The number of hydrogen-bond donors (Lipinski definition) is 1. The van der Waals surface area contributed by atoms with Crippen molar-refractivity contribution in [3.63, 3.8) is 0 Å². The summed E-state index contributed by atoms with van der Waals surface area (Å²) >= 11 is 6.00. The number of ether oxygens (including phenoxy) is 1. The summed E-state index contributed by atoms with van der Waals surface area (Å²) in [5.74, 6) is 1.97. The lowest BCUT2D eigenvalue weighted by Gasteiger charge is -2.06. The van der Waals surface area contributed by atoms with Crippen LogP contribution in [-0.4, -0.2) is 23.4 Å². The molecule has 0 aliphatic carbocycles. The van der Waals surface area contributed by atoms with E-state index in [-0.39, 0.29) is 0 Å². The average Bonchev–Trinajstić information content (AvgIpc) is 3.20. The molecule has 1 aromatic heterocycles. The van der Waals surface area contributed by atoms with Gasteiger partial charge < -0.3 is 10.1 Å². The van der Waals surface area contributed by atoms with E-state index in [0.29, 0.717) is 0 Å². The molecule has 1 aliphatic heterocycles. The predicted octanol–water partition coefficient (Wildman–Crippen LogP) is 4.09. The van der Waals surface area contributed by atoms with Gasteiger partial charge in [-0.15, -0.1) is 0 Å². The van der Waals surface area contributed by atoms with Gasteiger partial charge in [0.1, 0.15) is 11.6 Å². The predicted molar refractivity (Wildman–Crippen MR) is 96.6 cm³/mol. The van der Waals surface area contributed by atoms with Crippen molar-refractivity contribution in [2.75, 3.05) is 19.0 Å². The number of nitrogens with zero attached hydrogens (tertiary/aromatic N) is 2. The molecule has 0 atom stereocenters. The van der Waals surface area contributed by atoms with Crippen LogP contribution in [0, 0.1) is 0 Å². The molecule has 0 amide bonds. The van der Waals surface area contributed by atoms with Crippen molar-refractivity contribution in [2.45, 2.75) is 12.8 Å². The van der Waals surface area contributed by atoms with Crippen molar-refractivity contribution >= 4 is 17.4 Å². The first-order valence-corrected chi connectivity index (χ1v) is 8.36. The first kappa shape index (κ1) is 15.1. The number of rotatable bonds is 4. The van der Waals surface area contributed by atoms with Gasteiger partial charge in [-0.05, 0) is 48.4 Å². The Hall–Kier alpha value is -2.46. The molecule has 5 heteroatoms. The van der Waals surface area contributed by atoms with Crippen LogP contribution in [0.4, 0.5) is 5.82 Å². The summed E-state index contributed by atoms with van der Waals surface area (Å²) in [4.78, 5) is 0. The number of fused-ring (bicyclic) bond motifs is 1. The highest BCUT2D eigenvalue weighted by molar-refractivity contribution is 6.30. The van der Waals surface area contributed by atoms with Gasteiger partial charge in [0.15, 0.2) is 0 Å². The van der Waals surface area contributed by atoms with Crippen molar-refractivity contribution in [3.05, 3.63) is 70.4 Å². The van der Waals surface area contributed by atoms with Crippen LogP contribution in [0.25, 0.3) is 5.69 Å². The van der Waals surface area contributed by atoms with E-state index in [4.69, 9.17) is 21.4 Å². The van der Waals surface area contributed by atoms with Crippen molar-refractivity contribution in [1.29, 1.82) is 0 Å². The van der Waals surface area contributed by atoms with Gasteiger partial charge in [-0.25, -0.2) is 4.68 Å². The minimum atomic E-state index is 0.731. The fraction of sp³-hybridized carbons (Fsp3) is 0.211. The molecular formula is C19H18ClN3O. The van der Waals surface area contributed by atoms with Crippen LogP contribution in [0.1, 0.15) is 16.8 Å². The van der Waals surface area contributed by atoms with Crippen molar-refractivity contribution in [1.82, 2.24) is 9.78 Å². The van der Waals surface area contributed by atoms with E-state index in [1.807, 2.05) is 41.1 Å². The van der Waals surface area contributed by atoms with Crippen LogP contribution in [0.3, 0.4) is 0 Å². The van der Waals surface area contributed by atoms with E-state index in [9.17, 15) is 0 Å². The lowest BCUT2D eigenvalue weighted by molar-refractivity contribution is 0.414. The summed E-state index contributed by atoms with van der Waals surface area (Å²) in [6.45, 7) is 0.955. The van der Waals surface area contributed by atoms with E-state index in [0.717, 1.165) is 47.4 Å². The number of anilines is 1. The zero-order valence-electron chi connectivity index (χ0n) is 13.4. The fourth-order valence-corrected chi connectivity index (χ4v) is 3.22. The number of benzene rings is 2. The van der Waals surface area contributed by atoms with Gasteiger partial charge in [0.05, 0.1) is 18.5 Å². The summed E-state index contributed by atoms with van der Waals surface area (Å²) in [5, 5.41) is 9.03. The Bertz CT molecular complexity index is 854. The number of hydrogen-bond acceptors (Lipinski definition) is 3. The van der Waals surface area contributed by atoms with Crippen LogP contribution >= 0.6 is 11.6 Å². The number of methoxy groups -OCH3 is 1. The molecule has 0 fully saturated rings. The number of halogens is 1. The Kier molecular flexibility index (Phi) is 3.90. The Labute approximate surface area is 146 Å². The molecule has 2 aromatic carbocycles. The second-order valence-corrected chi connectivity index (χ2v) is 6.30. The van der Waals surface area contributed by atoms with Gasteiger partial charge in [0.2, 0.25) is 0 Å². The lowest BCUT2D eigenvalue weighted by Crippen LogP contribution is -2.05. The summed E-state index contributed by atoms with van der Waals surface area (Å²) in [7, 11) is 1.68. The van der Waals surface area contributed by atoms with Gasteiger partial charge in [0, 0.05) is 23.6 Å². The van der Waals surface area contributed by atoms with Gasteiger partial charge in [-0.1, -0.05) is 23.7 Å². The van der Waals surface area contributed by atoms with Crippen LogP contribution in [-0.2, 0) is 12.8 Å². The zero-order chi connectivity index (χ0) is 16.5. The fourth-order valence-electron chi connectivity index (χ4n) is 3.09. The Morgan fingerprint density at radius 1 is 1.12 bits per heavy atom.